The molecule has 0 saturated carbocycles. The summed E-state index contributed by atoms with van der Waals surface area (Å²) in [6.45, 7) is 1.83. The van der Waals surface area contributed by atoms with Crippen molar-refractivity contribution in [3.05, 3.63) is 57.6 Å². The highest BCUT2D eigenvalue weighted by Crippen LogP contribution is 2.25. The van der Waals surface area contributed by atoms with E-state index in [9.17, 15) is 13.2 Å². The van der Waals surface area contributed by atoms with E-state index in [1.54, 1.807) is 18.2 Å². The molecule has 2 N–H and O–H groups in total. The molecule has 1 unspecified atom stereocenters. The molecule has 0 spiro atoms. The van der Waals surface area contributed by atoms with Crippen molar-refractivity contribution in [3.63, 3.8) is 0 Å². The van der Waals surface area contributed by atoms with Crippen molar-refractivity contribution >= 4 is 39.1 Å². The maximum atomic E-state index is 12.5. The first kappa shape index (κ1) is 21.5. The quantitative estimate of drug-likeness (QED) is 0.705. The molecule has 0 radical (unpaired) electrons. The number of halogens is 2. The predicted octanol–water partition coefficient (Wildman–Crippen LogP) is 3.27. The van der Waals surface area contributed by atoms with Gasteiger partial charge in [-0.25, -0.2) is 13.1 Å². The van der Waals surface area contributed by atoms with Gasteiger partial charge in [0.05, 0.1) is 7.11 Å². The SMILES string of the molecule is CNS(=O)(=O)c1cc(C(=O)NC(C)Cc2ccc(Cl)cc2Cl)ccc1OC. The number of methoxy groups -OCH3 is 1. The number of hydrogen-bond donors (Lipinski definition) is 2. The zero-order valence-electron chi connectivity index (χ0n) is 15.0. The average Bonchev–Trinajstić information content (AvgIpc) is 2.63. The highest BCUT2D eigenvalue weighted by atomic mass is 35.5. The van der Waals surface area contributed by atoms with Crippen LogP contribution in [0.3, 0.4) is 0 Å². The number of amides is 1. The van der Waals surface area contributed by atoms with E-state index in [1.165, 1.54) is 32.4 Å². The van der Waals surface area contributed by atoms with Crippen LogP contribution < -0.4 is 14.8 Å². The molecule has 1 amide bonds. The summed E-state index contributed by atoms with van der Waals surface area (Å²) in [5.41, 5.74) is 1.06. The molecule has 2 aromatic carbocycles. The number of carbonyl (C=O) groups is 1. The van der Waals surface area contributed by atoms with Gasteiger partial charge in [-0.1, -0.05) is 29.3 Å². The number of benzene rings is 2. The first-order valence-electron chi connectivity index (χ1n) is 8.04. The lowest BCUT2D eigenvalue weighted by molar-refractivity contribution is 0.0940. The van der Waals surface area contributed by atoms with Gasteiger partial charge in [-0.05, 0) is 56.3 Å². The molecule has 0 aliphatic carbocycles. The van der Waals surface area contributed by atoms with Crippen LogP contribution in [0.4, 0.5) is 0 Å². The zero-order valence-corrected chi connectivity index (χ0v) is 17.4. The van der Waals surface area contributed by atoms with E-state index in [-0.39, 0.29) is 22.3 Å². The Morgan fingerprint density at radius 2 is 1.89 bits per heavy atom. The van der Waals surface area contributed by atoms with E-state index in [0.717, 1.165) is 5.56 Å². The molecule has 0 aromatic heterocycles. The van der Waals surface area contributed by atoms with Gasteiger partial charge in [0.1, 0.15) is 10.6 Å². The summed E-state index contributed by atoms with van der Waals surface area (Å²) in [7, 11) is -1.11. The molecule has 9 heteroatoms. The fraction of sp³-hybridized carbons (Fsp3) is 0.278. The molecule has 1 atom stereocenters. The summed E-state index contributed by atoms with van der Waals surface area (Å²) in [5.74, 6) is -0.246. The van der Waals surface area contributed by atoms with Gasteiger partial charge in [0.2, 0.25) is 10.0 Å². The van der Waals surface area contributed by atoms with Gasteiger partial charge in [0.15, 0.2) is 0 Å². The van der Waals surface area contributed by atoms with Crippen molar-refractivity contribution in [2.75, 3.05) is 14.2 Å². The Morgan fingerprint density at radius 1 is 1.19 bits per heavy atom. The molecule has 0 bridgehead atoms. The topological polar surface area (TPSA) is 84.5 Å². The van der Waals surface area contributed by atoms with Crippen molar-refractivity contribution in [2.24, 2.45) is 0 Å². The number of nitrogens with one attached hydrogen (secondary N) is 2. The van der Waals surface area contributed by atoms with Gasteiger partial charge in [-0.3, -0.25) is 4.79 Å². The lowest BCUT2D eigenvalue weighted by Crippen LogP contribution is -2.34. The fourth-order valence-corrected chi connectivity index (χ4v) is 3.92. The molecule has 0 fully saturated rings. The number of rotatable bonds is 7. The number of sulfonamides is 1. The van der Waals surface area contributed by atoms with Crippen molar-refractivity contribution in [3.8, 4) is 5.75 Å². The highest BCUT2D eigenvalue weighted by molar-refractivity contribution is 7.89. The lowest BCUT2D eigenvalue weighted by atomic mass is 10.1. The van der Waals surface area contributed by atoms with Crippen LogP contribution in [0.1, 0.15) is 22.8 Å². The fourth-order valence-electron chi connectivity index (χ4n) is 2.51. The second-order valence-corrected chi connectivity index (χ2v) is 8.59. The maximum absolute atomic E-state index is 12.5. The number of carbonyl (C=O) groups excluding carboxylic acids is 1. The largest absolute Gasteiger partial charge is 0.495 e. The van der Waals surface area contributed by atoms with Crippen molar-refractivity contribution in [1.29, 1.82) is 0 Å². The minimum absolute atomic E-state index is 0.103. The molecule has 2 aromatic rings. The van der Waals surface area contributed by atoms with E-state index in [1.807, 2.05) is 6.92 Å². The van der Waals surface area contributed by atoms with E-state index in [4.69, 9.17) is 27.9 Å². The van der Waals surface area contributed by atoms with Crippen molar-refractivity contribution in [1.82, 2.24) is 10.0 Å². The Labute approximate surface area is 168 Å². The summed E-state index contributed by atoms with van der Waals surface area (Å²) in [6, 6.07) is 9.18. The Balaban J connectivity index is 2.19. The highest BCUT2D eigenvalue weighted by Gasteiger charge is 2.21. The molecule has 0 heterocycles. The van der Waals surface area contributed by atoms with Gasteiger partial charge in [0.25, 0.3) is 5.91 Å². The first-order chi connectivity index (χ1) is 12.7. The normalized spacial score (nSPS) is 12.5. The van der Waals surface area contributed by atoms with Crippen LogP contribution in [-0.2, 0) is 16.4 Å². The average molecular weight is 431 g/mol. The van der Waals surface area contributed by atoms with Crippen LogP contribution in [0.25, 0.3) is 0 Å². The smallest absolute Gasteiger partial charge is 0.251 e. The van der Waals surface area contributed by atoms with E-state index in [2.05, 4.69) is 10.0 Å². The van der Waals surface area contributed by atoms with Crippen LogP contribution in [-0.4, -0.2) is 34.5 Å². The summed E-state index contributed by atoms with van der Waals surface area (Å²) >= 11 is 12.1. The molecule has 146 valence electrons. The lowest BCUT2D eigenvalue weighted by Gasteiger charge is -2.16. The van der Waals surface area contributed by atoms with E-state index >= 15 is 0 Å². The van der Waals surface area contributed by atoms with Crippen molar-refractivity contribution < 1.29 is 17.9 Å². The van der Waals surface area contributed by atoms with Crippen LogP contribution >= 0.6 is 23.2 Å². The minimum atomic E-state index is -3.77. The zero-order chi connectivity index (χ0) is 20.2. The van der Waals surface area contributed by atoms with Crippen LogP contribution in [0.2, 0.25) is 10.0 Å². The molecule has 0 aliphatic rings. The van der Waals surface area contributed by atoms with Gasteiger partial charge in [-0.2, -0.15) is 0 Å². The Morgan fingerprint density at radius 3 is 2.48 bits per heavy atom. The van der Waals surface area contributed by atoms with Gasteiger partial charge >= 0.3 is 0 Å². The summed E-state index contributed by atoms with van der Waals surface area (Å²) in [6.07, 6.45) is 0.500. The Kier molecular flexibility index (Phi) is 7.11. The molecule has 2 rings (SSSR count). The third-order valence-electron chi connectivity index (χ3n) is 3.90. The third-order valence-corrected chi connectivity index (χ3v) is 5.93. The summed E-state index contributed by atoms with van der Waals surface area (Å²) < 4.78 is 31.6. The number of ether oxygens (including phenoxy) is 1. The Bertz CT molecular complexity index is 948. The van der Waals surface area contributed by atoms with Crippen LogP contribution in [0.5, 0.6) is 5.75 Å². The van der Waals surface area contributed by atoms with Gasteiger partial charge < -0.3 is 10.1 Å². The standard InChI is InChI=1S/C18H20Cl2N2O4S/c1-11(8-12-4-6-14(19)10-15(12)20)22-18(23)13-5-7-16(26-3)17(9-13)27(24,25)21-2/h4-7,9-11,21H,8H2,1-3H3,(H,22,23). The summed E-state index contributed by atoms with van der Waals surface area (Å²) in [5, 5.41) is 3.90. The van der Waals surface area contributed by atoms with Gasteiger partial charge in [-0.15, -0.1) is 0 Å². The van der Waals surface area contributed by atoms with Crippen molar-refractivity contribution in [2.45, 2.75) is 24.3 Å². The monoisotopic (exact) mass is 430 g/mol. The molecule has 6 nitrogen and oxygen atoms in total. The molecular formula is C18H20Cl2N2O4S. The predicted molar refractivity (Wildman–Crippen MR) is 106 cm³/mol. The second-order valence-electron chi connectivity index (χ2n) is 5.89. The molecular weight excluding hydrogens is 411 g/mol. The second kappa shape index (κ2) is 8.93. The third kappa shape index (κ3) is 5.35. The van der Waals surface area contributed by atoms with E-state index in [0.29, 0.717) is 16.5 Å². The molecule has 27 heavy (non-hydrogen) atoms. The maximum Gasteiger partial charge on any atom is 0.251 e. The van der Waals surface area contributed by atoms with E-state index < -0.39 is 15.9 Å². The molecule has 0 saturated heterocycles. The van der Waals surface area contributed by atoms with Gasteiger partial charge in [0, 0.05) is 21.7 Å². The number of hydrogen-bond acceptors (Lipinski definition) is 4. The Hall–Kier alpha value is -1.80. The van der Waals surface area contributed by atoms with Crippen LogP contribution in [0, 0.1) is 0 Å². The first-order valence-corrected chi connectivity index (χ1v) is 10.3. The summed E-state index contributed by atoms with van der Waals surface area (Å²) in [4.78, 5) is 12.4. The van der Waals surface area contributed by atoms with Crippen LogP contribution in [0.15, 0.2) is 41.3 Å². The minimum Gasteiger partial charge on any atom is -0.495 e. The molecule has 0 aliphatic heterocycles.